The van der Waals surface area contributed by atoms with Gasteiger partial charge in [-0.25, -0.2) is 4.98 Å². The molecule has 0 saturated carbocycles. The molecule has 0 unspecified atom stereocenters. The number of methoxy groups -OCH3 is 2. The van der Waals surface area contributed by atoms with Crippen molar-refractivity contribution in [3.63, 3.8) is 0 Å². The van der Waals surface area contributed by atoms with E-state index < -0.39 is 0 Å². The topological polar surface area (TPSA) is 56.1 Å². The highest BCUT2D eigenvalue weighted by Crippen LogP contribution is 2.38. The van der Waals surface area contributed by atoms with Gasteiger partial charge in [0.15, 0.2) is 11.5 Å². The van der Waals surface area contributed by atoms with E-state index in [2.05, 4.69) is 24.0 Å². The van der Waals surface area contributed by atoms with Gasteiger partial charge in [0.2, 0.25) is 0 Å². The molecule has 1 aliphatic rings. The molecule has 6 nitrogen and oxygen atoms in total. The molecule has 0 radical (unpaired) electrons. The molecule has 0 saturated heterocycles. The molecule has 28 heavy (non-hydrogen) atoms. The zero-order valence-corrected chi connectivity index (χ0v) is 16.7. The number of aromatic nitrogens is 2. The summed E-state index contributed by atoms with van der Waals surface area (Å²) in [5.41, 5.74) is 4.99. The second kappa shape index (κ2) is 7.28. The molecule has 6 heteroatoms. The smallest absolute Gasteiger partial charge is 0.258 e. The van der Waals surface area contributed by atoms with Crippen LogP contribution in [-0.4, -0.2) is 35.0 Å². The highest BCUT2D eigenvalue weighted by Gasteiger charge is 2.26. The van der Waals surface area contributed by atoms with E-state index >= 15 is 0 Å². The van der Waals surface area contributed by atoms with Gasteiger partial charge in [0.25, 0.3) is 5.56 Å². The summed E-state index contributed by atoms with van der Waals surface area (Å²) in [6.07, 6.45) is 2.75. The van der Waals surface area contributed by atoms with Crippen LogP contribution in [0.4, 0.5) is 0 Å². The lowest BCUT2D eigenvalue weighted by Gasteiger charge is -2.35. The minimum absolute atomic E-state index is 0.0415. The number of rotatable bonds is 4. The van der Waals surface area contributed by atoms with Gasteiger partial charge >= 0.3 is 0 Å². The zero-order chi connectivity index (χ0) is 19.8. The maximum Gasteiger partial charge on any atom is 0.258 e. The molecule has 2 aromatic heterocycles. The molecule has 0 amide bonds. The predicted molar refractivity (Wildman–Crippen MR) is 108 cm³/mol. The van der Waals surface area contributed by atoms with Crippen molar-refractivity contribution < 1.29 is 9.47 Å². The van der Waals surface area contributed by atoms with Crippen LogP contribution in [0.25, 0.3) is 5.65 Å². The van der Waals surface area contributed by atoms with E-state index in [-0.39, 0.29) is 11.6 Å². The first-order valence-electron chi connectivity index (χ1n) is 9.48. The van der Waals surface area contributed by atoms with E-state index in [9.17, 15) is 4.79 Å². The van der Waals surface area contributed by atoms with E-state index in [0.717, 1.165) is 35.7 Å². The minimum Gasteiger partial charge on any atom is -0.493 e. The first-order chi connectivity index (χ1) is 13.5. The number of aryl methyl sites for hydroxylation is 1. The standard InChI is InChI=1S/C22H25N3O3/c1-14-5-6-21-23-17(10-22(26)25(21)12-14)13-24-8-7-16-9-19(27-3)20(28-4)11-18(16)15(24)2/h5-6,9-12,15H,7-8,13H2,1-4H3/t15-/m1/s1. The Hall–Kier alpha value is -2.86. The van der Waals surface area contributed by atoms with Gasteiger partial charge in [-0.15, -0.1) is 0 Å². The number of hydrogen-bond donors (Lipinski definition) is 0. The lowest BCUT2D eigenvalue weighted by molar-refractivity contribution is 0.186. The van der Waals surface area contributed by atoms with Gasteiger partial charge in [-0.2, -0.15) is 0 Å². The molecular formula is C22H25N3O3. The van der Waals surface area contributed by atoms with Crippen molar-refractivity contribution in [3.05, 3.63) is 69.3 Å². The van der Waals surface area contributed by atoms with Crippen molar-refractivity contribution in [1.29, 1.82) is 0 Å². The summed E-state index contributed by atoms with van der Waals surface area (Å²) in [4.78, 5) is 19.5. The van der Waals surface area contributed by atoms with Crippen molar-refractivity contribution in [2.75, 3.05) is 20.8 Å². The molecule has 4 rings (SSSR count). The third kappa shape index (κ3) is 3.24. The lowest BCUT2D eigenvalue weighted by atomic mass is 9.92. The number of benzene rings is 1. The van der Waals surface area contributed by atoms with Crippen LogP contribution in [0.3, 0.4) is 0 Å². The molecule has 1 aromatic carbocycles. The fourth-order valence-corrected chi connectivity index (χ4v) is 3.96. The molecule has 0 N–H and O–H groups in total. The molecule has 3 aromatic rings. The van der Waals surface area contributed by atoms with Crippen molar-refractivity contribution in [1.82, 2.24) is 14.3 Å². The van der Waals surface area contributed by atoms with E-state index in [1.807, 2.05) is 25.3 Å². The number of fused-ring (bicyclic) bond motifs is 2. The maximum atomic E-state index is 12.5. The van der Waals surface area contributed by atoms with Gasteiger partial charge in [-0.05, 0) is 55.2 Å². The summed E-state index contributed by atoms with van der Waals surface area (Å²) in [6.45, 7) is 5.68. The number of pyridine rings is 1. The SMILES string of the molecule is COc1cc2c(cc1OC)[C@@H](C)N(Cc1cc(=O)n3cc(C)ccc3n1)CC2. The molecule has 1 aliphatic heterocycles. The summed E-state index contributed by atoms with van der Waals surface area (Å²) in [5.74, 6) is 1.51. The Morgan fingerprint density at radius 3 is 2.64 bits per heavy atom. The van der Waals surface area contributed by atoms with E-state index in [1.165, 1.54) is 11.1 Å². The molecule has 0 bridgehead atoms. The van der Waals surface area contributed by atoms with Gasteiger partial charge < -0.3 is 9.47 Å². The van der Waals surface area contributed by atoms with Crippen LogP contribution in [0.15, 0.2) is 41.3 Å². The van der Waals surface area contributed by atoms with Crippen LogP contribution < -0.4 is 15.0 Å². The van der Waals surface area contributed by atoms with E-state index in [4.69, 9.17) is 14.5 Å². The Balaban J connectivity index is 1.64. The van der Waals surface area contributed by atoms with Gasteiger partial charge in [-0.1, -0.05) is 6.07 Å². The molecule has 0 spiro atoms. The Kier molecular flexibility index (Phi) is 4.81. The Labute approximate surface area is 164 Å². The fourth-order valence-electron chi connectivity index (χ4n) is 3.96. The van der Waals surface area contributed by atoms with Gasteiger partial charge in [0.1, 0.15) is 5.65 Å². The molecule has 146 valence electrons. The normalized spacial score (nSPS) is 16.8. The van der Waals surface area contributed by atoms with Crippen LogP contribution >= 0.6 is 0 Å². The second-order valence-corrected chi connectivity index (χ2v) is 7.32. The molecule has 3 heterocycles. The average Bonchev–Trinajstić information content (AvgIpc) is 2.70. The predicted octanol–water partition coefficient (Wildman–Crippen LogP) is 3.14. The van der Waals surface area contributed by atoms with Gasteiger partial charge in [0.05, 0.1) is 19.9 Å². The fraction of sp³-hybridized carbons (Fsp3) is 0.364. The summed E-state index contributed by atoms with van der Waals surface area (Å²) in [6, 6.07) is 9.85. The van der Waals surface area contributed by atoms with E-state index in [0.29, 0.717) is 12.2 Å². The lowest BCUT2D eigenvalue weighted by Crippen LogP contribution is -2.34. The summed E-state index contributed by atoms with van der Waals surface area (Å²) in [7, 11) is 3.32. The minimum atomic E-state index is -0.0415. The molecule has 1 atom stereocenters. The summed E-state index contributed by atoms with van der Waals surface area (Å²) >= 11 is 0. The average molecular weight is 379 g/mol. The maximum absolute atomic E-state index is 12.5. The van der Waals surface area contributed by atoms with Crippen molar-refractivity contribution in [2.24, 2.45) is 0 Å². The quantitative estimate of drug-likeness (QED) is 0.697. The Morgan fingerprint density at radius 1 is 1.14 bits per heavy atom. The largest absolute Gasteiger partial charge is 0.493 e. The monoisotopic (exact) mass is 379 g/mol. The zero-order valence-electron chi connectivity index (χ0n) is 16.7. The van der Waals surface area contributed by atoms with Gasteiger partial charge in [0, 0.05) is 31.4 Å². The Morgan fingerprint density at radius 2 is 1.89 bits per heavy atom. The number of ether oxygens (including phenoxy) is 2. The number of nitrogens with zero attached hydrogens (tertiary/aromatic N) is 3. The summed E-state index contributed by atoms with van der Waals surface area (Å²) in [5, 5.41) is 0. The van der Waals surface area contributed by atoms with Crippen LogP contribution in [0.2, 0.25) is 0 Å². The number of hydrogen-bond acceptors (Lipinski definition) is 5. The van der Waals surface area contributed by atoms with Crippen LogP contribution in [0, 0.1) is 6.92 Å². The van der Waals surface area contributed by atoms with Crippen LogP contribution in [0.1, 0.15) is 35.3 Å². The molecular weight excluding hydrogens is 354 g/mol. The van der Waals surface area contributed by atoms with Crippen LogP contribution in [0.5, 0.6) is 11.5 Å². The first-order valence-corrected chi connectivity index (χ1v) is 9.48. The highest BCUT2D eigenvalue weighted by molar-refractivity contribution is 5.49. The molecule has 0 fully saturated rings. The van der Waals surface area contributed by atoms with Crippen molar-refractivity contribution in [3.8, 4) is 11.5 Å². The van der Waals surface area contributed by atoms with Crippen LogP contribution in [-0.2, 0) is 13.0 Å². The van der Waals surface area contributed by atoms with Crippen molar-refractivity contribution in [2.45, 2.75) is 32.9 Å². The highest BCUT2D eigenvalue weighted by atomic mass is 16.5. The first kappa shape index (κ1) is 18.5. The summed E-state index contributed by atoms with van der Waals surface area (Å²) < 4.78 is 12.5. The third-order valence-corrected chi connectivity index (χ3v) is 5.54. The van der Waals surface area contributed by atoms with E-state index in [1.54, 1.807) is 24.7 Å². The Bertz CT molecular complexity index is 1090. The van der Waals surface area contributed by atoms with Gasteiger partial charge in [-0.3, -0.25) is 14.1 Å². The molecule has 0 aliphatic carbocycles. The second-order valence-electron chi connectivity index (χ2n) is 7.32. The third-order valence-electron chi connectivity index (χ3n) is 5.54. The van der Waals surface area contributed by atoms with Crippen molar-refractivity contribution >= 4 is 5.65 Å².